The number of hydrogen-bond acceptors (Lipinski definition) is 8. The monoisotopic (exact) mass is 307 g/mol. The van der Waals surface area contributed by atoms with Gasteiger partial charge in [0, 0.05) is 13.1 Å². The van der Waals surface area contributed by atoms with Crippen molar-refractivity contribution < 1.29 is 14.5 Å². The second-order valence-electron chi connectivity index (χ2n) is 5.56. The third kappa shape index (κ3) is 2.64. The Balaban J connectivity index is 1.95. The molecule has 1 fully saturated rings. The van der Waals surface area contributed by atoms with Gasteiger partial charge in [-0.3, -0.25) is 4.90 Å². The summed E-state index contributed by atoms with van der Waals surface area (Å²) in [5.74, 6) is -0.373. The number of aromatic carboxylic acids is 1. The van der Waals surface area contributed by atoms with Gasteiger partial charge >= 0.3 is 5.97 Å². The number of aromatic nitrogens is 5. The smallest absolute Gasteiger partial charge is 0.358 e. The highest BCUT2D eigenvalue weighted by molar-refractivity contribution is 5.86. The van der Waals surface area contributed by atoms with Gasteiger partial charge in [-0.25, -0.2) is 9.42 Å². The fourth-order valence-electron chi connectivity index (χ4n) is 2.76. The lowest BCUT2D eigenvalue weighted by Crippen LogP contribution is -2.34. The zero-order valence-electron chi connectivity index (χ0n) is 12.1. The number of carboxylic acids is 1. The molecule has 0 saturated carbocycles. The second-order valence-corrected chi connectivity index (χ2v) is 5.56. The molecule has 1 aliphatic rings. The predicted molar refractivity (Wildman–Crippen MR) is 74.3 cm³/mol. The molecular formula is C12H17N7O3. The van der Waals surface area contributed by atoms with Gasteiger partial charge in [0.15, 0.2) is 5.69 Å². The predicted octanol–water partition coefficient (Wildman–Crippen LogP) is 0.163. The van der Waals surface area contributed by atoms with E-state index >= 15 is 0 Å². The van der Waals surface area contributed by atoms with E-state index in [-0.39, 0.29) is 17.3 Å². The maximum atomic E-state index is 11.4. The van der Waals surface area contributed by atoms with Crippen LogP contribution in [-0.4, -0.2) is 54.4 Å². The van der Waals surface area contributed by atoms with Crippen molar-refractivity contribution in [3.63, 3.8) is 0 Å². The highest BCUT2D eigenvalue weighted by atomic mass is 16.6. The number of carboxylic acid groups (broad SMARTS) is 1. The minimum absolute atomic E-state index is 0.0371. The van der Waals surface area contributed by atoms with Gasteiger partial charge < -0.3 is 10.8 Å². The van der Waals surface area contributed by atoms with Crippen LogP contribution in [0.25, 0.3) is 5.82 Å². The van der Waals surface area contributed by atoms with Gasteiger partial charge in [0.2, 0.25) is 11.6 Å². The molecule has 0 radical (unpaired) electrons. The zero-order valence-corrected chi connectivity index (χ0v) is 12.1. The van der Waals surface area contributed by atoms with Crippen molar-refractivity contribution in [2.24, 2.45) is 5.92 Å². The minimum atomic E-state index is -1.14. The van der Waals surface area contributed by atoms with Crippen LogP contribution in [0.3, 0.4) is 0 Å². The molecule has 1 atom stereocenters. The number of anilines is 1. The lowest BCUT2D eigenvalue weighted by atomic mass is 10.0. The normalized spacial score (nSPS) is 19.4. The summed E-state index contributed by atoms with van der Waals surface area (Å²) in [4.78, 5) is 13.6. The van der Waals surface area contributed by atoms with E-state index in [2.05, 4.69) is 37.1 Å². The Kier molecular flexibility index (Phi) is 3.75. The molecule has 118 valence electrons. The van der Waals surface area contributed by atoms with Crippen LogP contribution in [0.5, 0.6) is 0 Å². The Hall–Kier alpha value is -2.49. The van der Waals surface area contributed by atoms with Crippen molar-refractivity contribution in [1.82, 2.24) is 30.2 Å². The lowest BCUT2D eigenvalue weighted by molar-refractivity contribution is 0.0687. The van der Waals surface area contributed by atoms with Crippen molar-refractivity contribution >= 4 is 11.8 Å². The van der Waals surface area contributed by atoms with Crippen LogP contribution in [0.15, 0.2) is 4.63 Å². The van der Waals surface area contributed by atoms with E-state index in [1.807, 2.05) is 0 Å². The molecule has 10 heteroatoms. The number of piperidine rings is 1. The summed E-state index contributed by atoms with van der Waals surface area (Å²) >= 11 is 0. The Labute approximate surface area is 125 Å². The van der Waals surface area contributed by atoms with Crippen molar-refractivity contribution in [2.45, 2.75) is 26.3 Å². The second kappa shape index (κ2) is 5.72. The molecule has 1 unspecified atom stereocenters. The summed E-state index contributed by atoms with van der Waals surface area (Å²) in [5, 5.41) is 24.0. The molecule has 3 heterocycles. The Morgan fingerprint density at radius 1 is 1.50 bits per heavy atom. The van der Waals surface area contributed by atoms with Crippen molar-refractivity contribution in [3.8, 4) is 5.82 Å². The molecule has 0 spiro atoms. The fourth-order valence-corrected chi connectivity index (χ4v) is 2.76. The average molecular weight is 307 g/mol. The van der Waals surface area contributed by atoms with Gasteiger partial charge in [0.25, 0.3) is 0 Å². The first-order valence-electron chi connectivity index (χ1n) is 7.05. The SMILES string of the molecule is CC1CCCN(Cc2c(C(=O)O)nnn2-c2nonc2N)C1. The molecule has 0 aromatic carbocycles. The number of likely N-dealkylation sites (tertiary alicyclic amines) is 1. The molecule has 1 saturated heterocycles. The lowest BCUT2D eigenvalue weighted by Gasteiger charge is -2.30. The molecule has 22 heavy (non-hydrogen) atoms. The number of hydrogen-bond donors (Lipinski definition) is 2. The topological polar surface area (TPSA) is 136 Å². The van der Waals surface area contributed by atoms with Crippen LogP contribution in [-0.2, 0) is 6.54 Å². The third-order valence-electron chi connectivity index (χ3n) is 3.78. The maximum Gasteiger partial charge on any atom is 0.358 e. The Morgan fingerprint density at radius 2 is 2.32 bits per heavy atom. The van der Waals surface area contributed by atoms with Crippen LogP contribution in [0, 0.1) is 5.92 Å². The quantitative estimate of drug-likeness (QED) is 0.809. The highest BCUT2D eigenvalue weighted by Gasteiger charge is 2.26. The number of nitrogens with zero attached hydrogens (tertiary/aromatic N) is 6. The number of nitrogen functional groups attached to an aromatic ring is 1. The Bertz CT molecular complexity index is 680. The van der Waals surface area contributed by atoms with Crippen LogP contribution < -0.4 is 5.73 Å². The van der Waals surface area contributed by atoms with Gasteiger partial charge in [-0.05, 0) is 35.6 Å². The van der Waals surface area contributed by atoms with Crippen LogP contribution in [0.2, 0.25) is 0 Å². The average Bonchev–Trinajstić information content (AvgIpc) is 3.05. The van der Waals surface area contributed by atoms with E-state index in [0.717, 1.165) is 19.5 Å². The van der Waals surface area contributed by atoms with Crippen molar-refractivity contribution in [1.29, 1.82) is 0 Å². The van der Waals surface area contributed by atoms with Gasteiger partial charge in [-0.15, -0.1) is 5.10 Å². The zero-order chi connectivity index (χ0) is 15.7. The number of carbonyl (C=O) groups is 1. The molecule has 1 aliphatic heterocycles. The third-order valence-corrected chi connectivity index (χ3v) is 3.78. The molecule has 0 amide bonds. The summed E-state index contributed by atoms with van der Waals surface area (Å²) in [7, 11) is 0. The number of rotatable bonds is 4. The van der Waals surface area contributed by atoms with E-state index in [4.69, 9.17) is 5.73 Å². The maximum absolute atomic E-state index is 11.4. The highest BCUT2D eigenvalue weighted by Crippen LogP contribution is 2.21. The van der Waals surface area contributed by atoms with E-state index in [1.54, 1.807) is 0 Å². The van der Waals surface area contributed by atoms with E-state index in [9.17, 15) is 9.90 Å². The molecule has 3 rings (SSSR count). The summed E-state index contributed by atoms with van der Waals surface area (Å²) in [5.41, 5.74) is 5.97. The first-order chi connectivity index (χ1) is 10.6. The summed E-state index contributed by atoms with van der Waals surface area (Å²) in [6.45, 7) is 4.39. The largest absolute Gasteiger partial charge is 0.476 e. The standard InChI is InChI=1S/C12H17N7O3/c1-7-3-2-4-18(5-7)6-8-9(12(20)21)14-17-19(8)11-10(13)15-22-16-11/h7H,2-6H2,1H3,(H2,13,15)(H,20,21). The van der Waals surface area contributed by atoms with Gasteiger partial charge in [-0.1, -0.05) is 12.1 Å². The van der Waals surface area contributed by atoms with E-state index in [0.29, 0.717) is 18.2 Å². The first-order valence-corrected chi connectivity index (χ1v) is 7.05. The molecule has 2 aromatic rings. The molecule has 0 bridgehead atoms. The molecular weight excluding hydrogens is 290 g/mol. The van der Waals surface area contributed by atoms with Crippen LogP contribution >= 0.6 is 0 Å². The summed E-state index contributed by atoms with van der Waals surface area (Å²) in [6, 6.07) is 0. The molecule has 3 N–H and O–H groups in total. The summed E-state index contributed by atoms with van der Waals surface area (Å²) in [6.07, 6.45) is 2.26. The molecule has 0 aliphatic carbocycles. The van der Waals surface area contributed by atoms with Crippen molar-refractivity contribution in [2.75, 3.05) is 18.8 Å². The first kappa shape index (κ1) is 14.4. The van der Waals surface area contributed by atoms with Crippen molar-refractivity contribution in [3.05, 3.63) is 11.4 Å². The van der Waals surface area contributed by atoms with Gasteiger partial charge in [0.05, 0.1) is 5.69 Å². The molecule has 2 aromatic heterocycles. The summed E-state index contributed by atoms with van der Waals surface area (Å²) < 4.78 is 5.84. The van der Waals surface area contributed by atoms with E-state index < -0.39 is 5.97 Å². The molecule has 10 nitrogen and oxygen atoms in total. The van der Waals surface area contributed by atoms with Crippen LogP contribution in [0.4, 0.5) is 5.82 Å². The van der Waals surface area contributed by atoms with Gasteiger partial charge in [-0.2, -0.15) is 4.68 Å². The van der Waals surface area contributed by atoms with Crippen LogP contribution in [0.1, 0.15) is 35.9 Å². The Morgan fingerprint density at radius 3 is 2.95 bits per heavy atom. The minimum Gasteiger partial charge on any atom is -0.476 e. The fraction of sp³-hybridized carbons (Fsp3) is 0.583. The van der Waals surface area contributed by atoms with Gasteiger partial charge in [0.1, 0.15) is 0 Å². The number of nitrogens with two attached hydrogens (primary N) is 1. The van der Waals surface area contributed by atoms with E-state index in [1.165, 1.54) is 11.1 Å².